The summed E-state index contributed by atoms with van der Waals surface area (Å²) in [6.45, 7) is 4.85. The van der Waals surface area contributed by atoms with E-state index in [1.165, 1.54) is 10.6 Å². The first-order valence-electron chi connectivity index (χ1n) is 8.33. The van der Waals surface area contributed by atoms with Crippen molar-refractivity contribution in [2.24, 2.45) is 11.8 Å². The van der Waals surface area contributed by atoms with Crippen molar-refractivity contribution in [2.45, 2.75) is 38.6 Å². The third kappa shape index (κ3) is 3.75. The van der Waals surface area contributed by atoms with E-state index in [9.17, 15) is 13.2 Å². The lowest BCUT2D eigenvalue weighted by molar-refractivity contribution is 0.0925. The Morgan fingerprint density at radius 3 is 2.38 bits per heavy atom. The molecular formula is C16H24N4O3S. The Balaban J connectivity index is 1.69. The highest BCUT2D eigenvalue weighted by atomic mass is 32.2. The van der Waals surface area contributed by atoms with Crippen LogP contribution < -0.4 is 5.32 Å². The minimum atomic E-state index is -3.25. The summed E-state index contributed by atoms with van der Waals surface area (Å²) in [4.78, 5) is 21.0. The number of sulfonamides is 1. The van der Waals surface area contributed by atoms with Crippen LogP contribution in [0.1, 0.15) is 48.8 Å². The van der Waals surface area contributed by atoms with Crippen molar-refractivity contribution >= 4 is 15.9 Å². The molecule has 1 aliphatic heterocycles. The van der Waals surface area contributed by atoms with Crippen LogP contribution in [0.2, 0.25) is 0 Å². The summed E-state index contributed by atoms with van der Waals surface area (Å²) in [7, 11) is -3.25. The molecule has 3 rings (SSSR count). The summed E-state index contributed by atoms with van der Waals surface area (Å²) in [5.41, 5.74) is 0.416. The van der Waals surface area contributed by atoms with Gasteiger partial charge in [-0.15, -0.1) is 0 Å². The van der Waals surface area contributed by atoms with Crippen molar-refractivity contribution in [1.29, 1.82) is 0 Å². The number of carbonyl (C=O) groups is 1. The Morgan fingerprint density at radius 2 is 1.88 bits per heavy atom. The van der Waals surface area contributed by atoms with Crippen LogP contribution in [0.5, 0.6) is 0 Å². The quantitative estimate of drug-likeness (QED) is 0.853. The number of rotatable bonds is 5. The minimum Gasteiger partial charge on any atom is -0.348 e. The largest absolute Gasteiger partial charge is 0.348 e. The second-order valence-corrected chi connectivity index (χ2v) is 9.15. The van der Waals surface area contributed by atoms with Crippen LogP contribution in [-0.2, 0) is 10.0 Å². The van der Waals surface area contributed by atoms with E-state index in [0.717, 1.165) is 18.7 Å². The lowest BCUT2D eigenvalue weighted by Crippen LogP contribution is -2.42. The van der Waals surface area contributed by atoms with Gasteiger partial charge >= 0.3 is 0 Å². The summed E-state index contributed by atoms with van der Waals surface area (Å²) >= 11 is 0. The van der Waals surface area contributed by atoms with Gasteiger partial charge in [0.15, 0.2) is 0 Å². The highest BCUT2D eigenvalue weighted by Crippen LogP contribution is 2.37. The third-order valence-electron chi connectivity index (χ3n) is 4.85. The number of amides is 1. The molecule has 2 aliphatic rings. The van der Waals surface area contributed by atoms with Crippen LogP contribution in [0, 0.1) is 11.8 Å². The molecule has 1 amide bonds. The molecule has 1 aromatic rings. The van der Waals surface area contributed by atoms with Gasteiger partial charge in [0.2, 0.25) is 10.0 Å². The van der Waals surface area contributed by atoms with Crippen LogP contribution in [0.15, 0.2) is 12.4 Å². The first-order valence-corrected chi connectivity index (χ1v) is 10.2. The maximum atomic E-state index is 12.5. The average Bonchev–Trinajstić information content (AvgIpc) is 3.26. The summed E-state index contributed by atoms with van der Waals surface area (Å²) in [5.74, 6) is 1.37. The Bertz CT molecular complexity index is 713. The Morgan fingerprint density at radius 1 is 1.25 bits per heavy atom. The van der Waals surface area contributed by atoms with Gasteiger partial charge in [0.05, 0.1) is 11.8 Å². The number of hydrogen-bond acceptors (Lipinski definition) is 5. The van der Waals surface area contributed by atoms with Gasteiger partial charge in [-0.25, -0.2) is 18.4 Å². The van der Waals surface area contributed by atoms with Crippen LogP contribution in [0.25, 0.3) is 0 Å². The monoisotopic (exact) mass is 352 g/mol. The smallest absolute Gasteiger partial charge is 0.254 e. The maximum Gasteiger partial charge on any atom is 0.254 e. The Labute approximate surface area is 142 Å². The highest BCUT2D eigenvalue weighted by Gasteiger charge is 2.39. The van der Waals surface area contributed by atoms with E-state index in [2.05, 4.69) is 15.3 Å². The first-order chi connectivity index (χ1) is 11.3. The second kappa shape index (κ2) is 6.40. The van der Waals surface area contributed by atoms with Gasteiger partial charge in [-0.2, -0.15) is 4.31 Å². The van der Waals surface area contributed by atoms with E-state index < -0.39 is 10.0 Å². The number of hydrogen-bond donors (Lipinski definition) is 1. The lowest BCUT2D eigenvalue weighted by atomic mass is 9.91. The van der Waals surface area contributed by atoms with Crippen molar-refractivity contribution in [3.05, 3.63) is 23.8 Å². The molecule has 1 aliphatic carbocycles. The summed E-state index contributed by atoms with van der Waals surface area (Å²) in [6, 6.07) is -0.199. The lowest BCUT2D eigenvalue weighted by Gasteiger charge is -2.22. The van der Waals surface area contributed by atoms with E-state index in [0.29, 0.717) is 24.6 Å². The summed E-state index contributed by atoms with van der Waals surface area (Å²) in [6.07, 6.45) is 6.56. The van der Waals surface area contributed by atoms with Gasteiger partial charge in [0.25, 0.3) is 5.91 Å². The third-order valence-corrected chi connectivity index (χ3v) is 6.09. The van der Waals surface area contributed by atoms with Crippen molar-refractivity contribution in [1.82, 2.24) is 19.6 Å². The first kappa shape index (κ1) is 17.3. The molecule has 0 aromatic carbocycles. The Kier molecular flexibility index (Phi) is 4.61. The van der Waals surface area contributed by atoms with Gasteiger partial charge in [-0.1, -0.05) is 13.8 Å². The van der Waals surface area contributed by atoms with Crippen molar-refractivity contribution in [3.63, 3.8) is 0 Å². The van der Waals surface area contributed by atoms with Gasteiger partial charge in [0.1, 0.15) is 5.82 Å². The number of aromatic nitrogens is 2. The standard InChI is InChI=1S/C16H24N4O3S/c1-10(2)13-8-20(24(3,22)23)9-14(13)19-16(21)12-6-17-15(18-7-12)11-4-5-11/h6-7,10-11,13-14H,4-5,8-9H2,1-3H3,(H,19,21). The number of nitrogens with zero attached hydrogens (tertiary/aromatic N) is 3. The topological polar surface area (TPSA) is 92.3 Å². The molecule has 24 heavy (non-hydrogen) atoms. The zero-order chi connectivity index (χ0) is 17.5. The minimum absolute atomic E-state index is 0.0929. The molecule has 7 nitrogen and oxygen atoms in total. The van der Waals surface area contributed by atoms with E-state index in [4.69, 9.17) is 0 Å². The average molecular weight is 352 g/mol. The van der Waals surface area contributed by atoms with E-state index in [-0.39, 0.29) is 23.8 Å². The normalized spacial score (nSPS) is 25.2. The van der Waals surface area contributed by atoms with Crippen molar-refractivity contribution < 1.29 is 13.2 Å². The molecule has 0 spiro atoms. The van der Waals surface area contributed by atoms with Crippen molar-refractivity contribution in [2.75, 3.05) is 19.3 Å². The van der Waals surface area contributed by atoms with Crippen LogP contribution in [0.4, 0.5) is 0 Å². The summed E-state index contributed by atoms with van der Waals surface area (Å²) < 4.78 is 25.0. The molecule has 2 unspecified atom stereocenters. The van der Waals surface area contributed by atoms with Crippen LogP contribution in [0.3, 0.4) is 0 Å². The maximum absolute atomic E-state index is 12.5. The fraction of sp³-hybridized carbons (Fsp3) is 0.688. The fourth-order valence-electron chi connectivity index (χ4n) is 3.15. The van der Waals surface area contributed by atoms with Gasteiger partial charge in [-0.3, -0.25) is 4.79 Å². The zero-order valence-corrected chi connectivity index (χ0v) is 15.1. The van der Waals surface area contributed by atoms with Crippen LogP contribution >= 0.6 is 0 Å². The fourth-order valence-corrected chi connectivity index (χ4v) is 4.02. The molecule has 0 radical (unpaired) electrons. The number of carbonyl (C=O) groups excluding carboxylic acids is 1. The van der Waals surface area contributed by atoms with E-state index in [1.807, 2.05) is 13.8 Å². The predicted octanol–water partition coefficient (Wildman–Crippen LogP) is 1.000. The molecule has 0 bridgehead atoms. The molecular weight excluding hydrogens is 328 g/mol. The van der Waals surface area contributed by atoms with Crippen LogP contribution in [-0.4, -0.2) is 54.0 Å². The number of nitrogens with one attached hydrogen (secondary N) is 1. The van der Waals surface area contributed by atoms with Gasteiger partial charge in [0, 0.05) is 37.4 Å². The molecule has 2 atom stereocenters. The molecule has 132 valence electrons. The van der Waals surface area contributed by atoms with Crippen molar-refractivity contribution in [3.8, 4) is 0 Å². The molecule has 1 N–H and O–H groups in total. The highest BCUT2D eigenvalue weighted by molar-refractivity contribution is 7.88. The second-order valence-electron chi connectivity index (χ2n) is 7.17. The predicted molar refractivity (Wildman–Crippen MR) is 90.0 cm³/mol. The van der Waals surface area contributed by atoms with E-state index >= 15 is 0 Å². The molecule has 1 aromatic heterocycles. The molecule has 2 heterocycles. The Hall–Kier alpha value is -1.54. The SMILES string of the molecule is CC(C)C1CN(S(C)(=O)=O)CC1NC(=O)c1cnc(C2CC2)nc1. The van der Waals surface area contributed by atoms with Gasteiger partial charge < -0.3 is 5.32 Å². The van der Waals surface area contributed by atoms with E-state index in [1.54, 1.807) is 12.4 Å². The zero-order valence-electron chi connectivity index (χ0n) is 14.3. The molecule has 8 heteroatoms. The molecule has 1 saturated heterocycles. The van der Waals surface area contributed by atoms with Gasteiger partial charge in [-0.05, 0) is 24.7 Å². The molecule has 1 saturated carbocycles. The molecule has 2 fully saturated rings. The summed E-state index contributed by atoms with van der Waals surface area (Å²) in [5, 5.41) is 2.97.